The van der Waals surface area contributed by atoms with Crippen LogP contribution in [0.15, 0.2) is 18.3 Å². The van der Waals surface area contributed by atoms with Gasteiger partial charge in [0.25, 0.3) is 5.91 Å². The summed E-state index contributed by atoms with van der Waals surface area (Å²) in [6.45, 7) is 4.50. The van der Waals surface area contributed by atoms with Gasteiger partial charge in [-0.15, -0.1) is 0 Å². The molecule has 1 aromatic heterocycles. The second-order valence-electron chi connectivity index (χ2n) is 4.84. The molecule has 0 spiro atoms. The number of nitrogens with zero attached hydrogens (tertiary/aromatic N) is 4. The summed E-state index contributed by atoms with van der Waals surface area (Å²) in [6.07, 6.45) is 2.47. The lowest BCUT2D eigenvalue weighted by Crippen LogP contribution is -2.53. The summed E-state index contributed by atoms with van der Waals surface area (Å²) in [6, 6.07) is 5.67. The number of pyridine rings is 1. The molecule has 1 saturated heterocycles. The second-order valence-corrected chi connectivity index (χ2v) is 4.84. The van der Waals surface area contributed by atoms with E-state index >= 15 is 0 Å². The van der Waals surface area contributed by atoms with Crippen LogP contribution in [0.4, 0.5) is 0 Å². The molecule has 2 rings (SSSR count). The molecule has 0 aromatic carbocycles. The number of rotatable bonds is 2. The number of carbonyl (C=O) groups excluding carboxylic acids is 1. The van der Waals surface area contributed by atoms with Crippen LogP contribution in [0.5, 0.6) is 0 Å². The van der Waals surface area contributed by atoms with Gasteiger partial charge in [-0.05, 0) is 25.6 Å². The first-order chi connectivity index (χ1) is 9.15. The highest BCUT2D eigenvalue weighted by Gasteiger charge is 2.27. The van der Waals surface area contributed by atoms with E-state index < -0.39 is 0 Å². The number of amides is 1. The van der Waals surface area contributed by atoms with E-state index in [-0.39, 0.29) is 5.91 Å². The van der Waals surface area contributed by atoms with Crippen molar-refractivity contribution in [3.63, 3.8) is 0 Å². The quantitative estimate of drug-likeness (QED) is 0.797. The van der Waals surface area contributed by atoms with E-state index in [1.165, 1.54) is 6.20 Å². The molecule has 0 radical (unpaired) electrons. The lowest BCUT2D eigenvalue weighted by atomic mass is 10.1. The predicted molar refractivity (Wildman–Crippen MR) is 71.6 cm³/mol. The molecule has 0 aliphatic carbocycles. The third kappa shape index (κ3) is 2.91. The van der Waals surface area contributed by atoms with Crippen LogP contribution in [0.1, 0.15) is 29.4 Å². The average molecular weight is 258 g/mol. The first-order valence-corrected chi connectivity index (χ1v) is 6.51. The Kier molecular flexibility index (Phi) is 4.13. The highest BCUT2D eigenvalue weighted by Crippen LogP contribution is 2.13. The zero-order valence-electron chi connectivity index (χ0n) is 11.3. The van der Waals surface area contributed by atoms with Gasteiger partial charge in [0, 0.05) is 31.9 Å². The minimum Gasteiger partial charge on any atom is -0.334 e. The van der Waals surface area contributed by atoms with E-state index in [0.717, 1.165) is 26.1 Å². The number of carbonyl (C=O) groups is 1. The molecule has 1 amide bonds. The molecule has 100 valence electrons. The number of hydrogen-bond donors (Lipinski definition) is 0. The van der Waals surface area contributed by atoms with Gasteiger partial charge in [-0.25, -0.2) is 4.98 Å². The summed E-state index contributed by atoms with van der Waals surface area (Å²) in [5.41, 5.74) is 0.889. The second kappa shape index (κ2) is 5.81. The molecule has 19 heavy (non-hydrogen) atoms. The van der Waals surface area contributed by atoms with Crippen LogP contribution >= 0.6 is 0 Å². The van der Waals surface area contributed by atoms with Gasteiger partial charge in [0.05, 0.1) is 5.56 Å². The van der Waals surface area contributed by atoms with E-state index in [1.54, 1.807) is 12.1 Å². The Bertz CT molecular complexity index is 491. The Balaban J connectivity index is 2.09. The molecule has 1 aliphatic heterocycles. The van der Waals surface area contributed by atoms with Crippen molar-refractivity contribution < 1.29 is 4.79 Å². The van der Waals surface area contributed by atoms with Crippen LogP contribution in [-0.4, -0.2) is 53.4 Å². The van der Waals surface area contributed by atoms with Crippen LogP contribution < -0.4 is 0 Å². The van der Waals surface area contributed by atoms with Gasteiger partial charge in [0.1, 0.15) is 11.8 Å². The Hall–Kier alpha value is -1.93. The van der Waals surface area contributed by atoms with Crippen molar-refractivity contribution in [3.05, 3.63) is 29.6 Å². The third-order valence-corrected chi connectivity index (χ3v) is 3.65. The number of aromatic nitrogens is 1. The maximum Gasteiger partial charge on any atom is 0.272 e. The molecule has 1 aromatic rings. The maximum atomic E-state index is 12.3. The number of hydrogen-bond acceptors (Lipinski definition) is 4. The summed E-state index contributed by atoms with van der Waals surface area (Å²) in [4.78, 5) is 20.5. The number of nitriles is 1. The van der Waals surface area contributed by atoms with Crippen molar-refractivity contribution in [1.29, 1.82) is 5.26 Å². The van der Waals surface area contributed by atoms with Gasteiger partial charge in [-0.1, -0.05) is 6.92 Å². The fourth-order valence-electron chi connectivity index (χ4n) is 2.32. The summed E-state index contributed by atoms with van der Waals surface area (Å²) in [7, 11) is 2.09. The summed E-state index contributed by atoms with van der Waals surface area (Å²) in [5, 5.41) is 8.72. The molecule has 2 heterocycles. The zero-order chi connectivity index (χ0) is 13.8. The first kappa shape index (κ1) is 13.5. The fraction of sp³-hybridized carbons (Fsp3) is 0.500. The molecule has 5 heteroatoms. The normalized spacial score (nSPS) is 20.1. The summed E-state index contributed by atoms with van der Waals surface area (Å²) in [5.74, 6) is -0.0453. The summed E-state index contributed by atoms with van der Waals surface area (Å²) < 4.78 is 0. The minimum absolute atomic E-state index is 0.0453. The lowest BCUT2D eigenvalue weighted by molar-refractivity contribution is 0.0536. The van der Waals surface area contributed by atoms with Crippen molar-refractivity contribution in [3.8, 4) is 6.07 Å². The van der Waals surface area contributed by atoms with E-state index in [4.69, 9.17) is 5.26 Å². The van der Waals surface area contributed by atoms with Crippen molar-refractivity contribution in [2.45, 2.75) is 19.4 Å². The molecule has 1 aliphatic rings. The standard InChI is InChI=1S/C14H18N4O/c1-3-12-10-18(7-6-17(12)2)14(19)13-5-4-11(8-15)9-16-13/h4-5,9,12H,3,6-7,10H2,1-2H3. The zero-order valence-corrected chi connectivity index (χ0v) is 11.3. The average Bonchev–Trinajstić information content (AvgIpc) is 2.47. The number of piperazine rings is 1. The Morgan fingerprint density at radius 3 is 2.89 bits per heavy atom. The smallest absolute Gasteiger partial charge is 0.272 e. The summed E-state index contributed by atoms with van der Waals surface area (Å²) >= 11 is 0. The third-order valence-electron chi connectivity index (χ3n) is 3.65. The molecule has 5 nitrogen and oxygen atoms in total. The largest absolute Gasteiger partial charge is 0.334 e. The fourth-order valence-corrected chi connectivity index (χ4v) is 2.32. The van der Waals surface area contributed by atoms with Crippen LogP contribution in [0.2, 0.25) is 0 Å². The first-order valence-electron chi connectivity index (χ1n) is 6.51. The minimum atomic E-state index is -0.0453. The maximum absolute atomic E-state index is 12.3. The van der Waals surface area contributed by atoms with Crippen molar-refractivity contribution >= 4 is 5.91 Å². The van der Waals surface area contributed by atoms with Crippen LogP contribution in [0.25, 0.3) is 0 Å². The molecule has 1 unspecified atom stereocenters. The number of likely N-dealkylation sites (N-methyl/N-ethyl adjacent to an activating group) is 1. The predicted octanol–water partition coefficient (Wildman–Crippen LogP) is 1.12. The van der Waals surface area contributed by atoms with Gasteiger partial charge in [-0.3, -0.25) is 9.69 Å². The van der Waals surface area contributed by atoms with Crippen LogP contribution in [0.3, 0.4) is 0 Å². The molecular formula is C14H18N4O. The molecule has 0 bridgehead atoms. The lowest BCUT2D eigenvalue weighted by Gasteiger charge is -2.38. The topological polar surface area (TPSA) is 60.2 Å². The Labute approximate surface area is 113 Å². The molecule has 0 saturated carbocycles. The van der Waals surface area contributed by atoms with Crippen molar-refractivity contribution in [2.24, 2.45) is 0 Å². The van der Waals surface area contributed by atoms with Gasteiger partial charge in [0.2, 0.25) is 0 Å². The molecule has 0 N–H and O–H groups in total. The Morgan fingerprint density at radius 2 is 2.32 bits per heavy atom. The molecule has 1 atom stereocenters. The van der Waals surface area contributed by atoms with Crippen molar-refractivity contribution in [1.82, 2.24) is 14.8 Å². The van der Waals surface area contributed by atoms with Gasteiger partial charge >= 0.3 is 0 Å². The molecular weight excluding hydrogens is 240 g/mol. The van der Waals surface area contributed by atoms with Gasteiger partial charge in [-0.2, -0.15) is 5.26 Å². The SMILES string of the molecule is CCC1CN(C(=O)c2ccc(C#N)cn2)CCN1C. The monoisotopic (exact) mass is 258 g/mol. The van der Waals surface area contributed by atoms with E-state index in [9.17, 15) is 4.79 Å². The van der Waals surface area contributed by atoms with E-state index in [1.807, 2.05) is 11.0 Å². The van der Waals surface area contributed by atoms with Crippen molar-refractivity contribution in [2.75, 3.05) is 26.7 Å². The van der Waals surface area contributed by atoms with Crippen LogP contribution in [-0.2, 0) is 0 Å². The highest BCUT2D eigenvalue weighted by atomic mass is 16.2. The van der Waals surface area contributed by atoms with Crippen LogP contribution in [0, 0.1) is 11.3 Å². The van der Waals surface area contributed by atoms with E-state index in [0.29, 0.717) is 17.3 Å². The van der Waals surface area contributed by atoms with Gasteiger partial charge in [0.15, 0.2) is 0 Å². The Morgan fingerprint density at radius 1 is 1.53 bits per heavy atom. The molecule has 1 fully saturated rings. The van der Waals surface area contributed by atoms with E-state index in [2.05, 4.69) is 23.9 Å². The highest BCUT2D eigenvalue weighted by molar-refractivity contribution is 5.92. The van der Waals surface area contributed by atoms with Gasteiger partial charge < -0.3 is 4.90 Å².